The molecule has 0 radical (unpaired) electrons. The maximum Gasteiger partial charge on any atom is 0.0747 e. The smallest absolute Gasteiger partial charge is 0.0747 e. The highest BCUT2D eigenvalue weighted by atomic mass is 15.3. The van der Waals surface area contributed by atoms with Crippen LogP contribution in [0.2, 0.25) is 0 Å². The van der Waals surface area contributed by atoms with Gasteiger partial charge in [0.25, 0.3) is 0 Å². The Morgan fingerprint density at radius 1 is 0.950 bits per heavy atom. The van der Waals surface area contributed by atoms with Crippen molar-refractivity contribution >= 4 is 5.57 Å². The molecule has 3 aromatic rings. The predicted octanol–water partition coefficient (Wildman–Crippen LogP) is 4.57. The normalized spacial score (nSPS) is 10.4. The minimum Gasteiger partial charge on any atom is -0.233 e. The molecule has 0 aliphatic heterocycles. The van der Waals surface area contributed by atoms with Crippen molar-refractivity contribution in [2.75, 3.05) is 0 Å². The van der Waals surface area contributed by atoms with E-state index in [9.17, 15) is 0 Å². The summed E-state index contributed by atoms with van der Waals surface area (Å²) in [6, 6.07) is 20.5. The third-order valence-electron chi connectivity index (χ3n) is 3.31. The summed E-state index contributed by atoms with van der Waals surface area (Å²) in [4.78, 5) is 0. The van der Waals surface area contributed by atoms with E-state index in [0.29, 0.717) is 0 Å². The summed E-state index contributed by atoms with van der Waals surface area (Å²) in [5, 5.41) is 4.45. The van der Waals surface area contributed by atoms with Gasteiger partial charge < -0.3 is 0 Å². The van der Waals surface area contributed by atoms with E-state index in [4.69, 9.17) is 0 Å². The van der Waals surface area contributed by atoms with Crippen molar-refractivity contribution in [2.24, 2.45) is 0 Å². The molecule has 0 saturated heterocycles. The van der Waals surface area contributed by atoms with Crippen LogP contribution in [0.1, 0.15) is 12.5 Å². The van der Waals surface area contributed by atoms with Crippen LogP contribution in [0, 0.1) is 0 Å². The van der Waals surface area contributed by atoms with Crippen molar-refractivity contribution in [1.82, 2.24) is 9.78 Å². The molecule has 1 aromatic heterocycles. The maximum absolute atomic E-state index is 4.45. The molecule has 98 valence electrons. The van der Waals surface area contributed by atoms with Crippen LogP contribution in [0.15, 0.2) is 73.4 Å². The maximum atomic E-state index is 4.45. The van der Waals surface area contributed by atoms with Gasteiger partial charge in [-0.05, 0) is 30.7 Å². The van der Waals surface area contributed by atoms with Crippen LogP contribution in [0.25, 0.3) is 22.5 Å². The molecule has 0 amide bonds. The Morgan fingerprint density at radius 2 is 1.65 bits per heavy atom. The number of nitrogens with zero attached hydrogens (tertiary/aromatic N) is 2. The summed E-state index contributed by atoms with van der Waals surface area (Å²) in [6.45, 7) is 6.10. The van der Waals surface area contributed by atoms with E-state index in [1.807, 2.05) is 54.2 Å². The fourth-order valence-corrected chi connectivity index (χ4v) is 2.36. The van der Waals surface area contributed by atoms with E-state index in [-0.39, 0.29) is 0 Å². The molecular weight excluding hydrogens is 244 g/mol. The number of rotatable bonds is 3. The van der Waals surface area contributed by atoms with Gasteiger partial charge in [-0.2, -0.15) is 5.10 Å². The lowest BCUT2D eigenvalue weighted by Crippen LogP contribution is -1.99. The SMILES string of the molecule is C=C(C)c1ccccc1-c1ccnn1-c1ccccc1. The number of para-hydroxylation sites is 1. The predicted molar refractivity (Wildman–Crippen MR) is 83.7 cm³/mol. The Morgan fingerprint density at radius 3 is 2.40 bits per heavy atom. The van der Waals surface area contributed by atoms with Crippen molar-refractivity contribution in [3.05, 3.63) is 79.0 Å². The number of allylic oxidation sites excluding steroid dienone is 1. The van der Waals surface area contributed by atoms with Crippen molar-refractivity contribution in [1.29, 1.82) is 0 Å². The van der Waals surface area contributed by atoms with Crippen LogP contribution in [-0.2, 0) is 0 Å². The molecule has 0 saturated carbocycles. The minimum absolute atomic E-state index is 1.06. The molecule has 2 nitrogen and oxygen atoms in total. The van der Waals surface area contributed by atoms with Gasteiger partial charge >= 0.3 is 0 Å². The zero-order valence-corrected chi connectivity index (χ0v) is 11.5. The van der Waals surface area contributed by atoms with Gasteiger partial charge in [0, 0.05) is 5.56 Å². The van der Waals surface area contributed by atoms with Gasteiger partial charge in [0.05, 0.1) is 17.6 Å². The standard InChI is InChI=1S/C18H16N2/c1-14(2)16-10-6-7-11-17(16)18-12-13-19-20(18)15-8-4-3-5-9-15/h3-13H,1H2,2H3. The summed E-state index contributed by atoms with van der Waals surface area (Å²) in [6.07, 6.45) is 1.83. The number of hydrogen-bond acceptors (Lipinski definition) is 1. The molecule has 0 aliphatic rings. The number of aromatic nitrogens is 2. The zero-order chi connectivity index (χ0) is 13.9. The first-order valence-corrected chi connectivity index (χ1v) is 6.62. The van der Waals surface area contributed by atoms with E-state index in [1.54, 1.807) is 0 Å². The van der Waals surface area contributed by atoms with Gasteiger partial charge in [-0.3, -0.25) is 0 Å². The number of benzene rings is 2. The van der Waals surface area contributed by atoms with Gasteiger partial charge in [0.15, 0.2) is 0 Å². The third kappa shape index (κ3) is 2.16. The molecular formula is C18H16N2. The van der Waals surface area contributed by atoms with Gasteiger partial charge in [-0.15, -0.1) is 0 Å². The second-order valence-corrected chi connectivity index (χ2v) is 4.79. The lowest BCUT2D eigenvalue weighted by atomic mass is 9.99. The number of hydrogen-bond donors (Lipinski definition) is 0. The minimum atomic E-state index is 1.06. The first kappa shape index (κ1) is 12.4. The van der Waals surface area contributed by atoms with Gasteiger partial charge in [0.2, 0.25) is 0 Å². The van der Waals surface area contributed by atoms with E-state index < -0.39 is 0 Å². The summed E-state index contributed by atoms with van der Waals surface area (Å²) in [5.41, 5.74) is 5.51. The zero-order valence-electron chi connectivity index (χ0n) is 11.5. The molecule has 0 unspecified atom stereocenters. The Balaban J connectivity index is 2.18. The first-order chi connectivity index (χ1) is 9.77. The van der Waals surface area contributed by atoms with Crippen LogP contribution in [-0.4, -0.2) is 9.78 Å². The molecule has 0 fully saturated rings. The fraction of sp³-hybridized carbons (Fsp3) is 0.0556. The lowest BCUT2D eigenvalue weighted by molar-refractivity contribution is 0.888. The van der Waals surface area contributed by atoms with E-state index in [2.05, 4.69) is 35.9 Å². The Labute approximate surface area is 119 Å². The van der Waals surface area contributed by atoms with Gasteiger partial charge in [-0.25, -0.2) is 4.68 Å². The molecule has 0 aliphatic carbocycles. The fourth-order valence-electron chi connectivity index (χ4n) is 2.36. The molecule has 2 heteroatoms. The molecule has 0 atom stereocenters. The average Bonchev–Trinajstić information content (AvgIpc) is 2.97. The van der Waals surface area contributed by atoms with Crippen LogP contribution >= 0.6 is 0 Å². The quantitative estimate of drug-likeness (QED) is 0.674. The van der Waals surface area contributed by atoms with Crippen molar-refractivity contribution < 1.29 is 0 Å². The summed E-state index contributed by atoms with van der Waals surface area (Å²) < 4.78 is 1.96. The molecule has 3 rings (SSSR count). The van der Waals surface area contributed by atoms with E-state index in [0.717, 1.165) is 28.1 Å². The summed E-state index contributed by atoms with van der Waals surface area (Å²) in [7, 11) is 0. The van der Waals surface area contributed by atoms with Crippen LogP contribution < -0.4 is 0 Å². The second kappa shape index (κ2) is 5.17. The van der Waals surface area contributed by atoms with Gasteiger partial charge in [0.1, 0.15) is 0 Å². The largest absolute Gasteiger partial charge is 0.233 e. The second-order valence-electron chi connectivity index (χ2n) is 4.79. The van der Waals surface area contributed by atoms with Crippen molar-refractivity contribution in [2.45, 2.75) is 6.92 Å². The van der Waals surface area contributed by atoms with Crippen LogP contribution in [0.3, 0.4) is 0 Å². The highest BCUT2D eigenvalue weighted by molar-refractivity contribution is 5.78. The Bertz CT molecular complexity index is 739. The molecule has 2 aromatic carbocycles. The average molecular weight is 260 g/mol. The molecule has 1 heterocycles. The monoisotopic (exact) mass is 260 g/mol. The molecule has 0 bridgehead atoms. The molecule has 0 spiro atoms. The van der Waals surface area contributed by atoms with Crippen LogP contribution in [0.5, 0.6) is 0 Å². The van der Waals surface area contributed by atoms with E-state index in [1.165, 1.54) is 0 Å². The van der Waals surface area contributed by atoms with E-state index >= 15 is 0 Å². The topological polar surface area (TPSA) is 17.8 Å². The summed E-state index contributed by atoms with van der Waals surface area (Å²) in [5.74, 6) is 0. The van der Waals surface area contributed by atoms with Crippen LogP contribution in [0.4, 0.5) is 0 Å². The third-order valence-corrected chi connectivity index (χ3v) is 3.31. The van der Waals surface area contributed by atoms with Crippen molar-refractivity contribution in [3.8, 4) is 16.9 Å². The Kier molecular flexibility index (Phi) is 3.21. The summed E-state index contributed by atoms with van der Waals surface area (Å²) >= 11 is 0. The molecule has 0 N–H and O–H groups in total. The van der Waals surface area contributed by atoms with Gasteiger partial charge in [-0.1, -0.05) is 54.6 Å². The molecule has 20 heavy (non-hydrogen) atoms. The Hall–Kier alpha value is -2.61. The highest BCUT2D eigenvalue weighted by Gasteiger charge is 2.11. The lowest BCUT2D eigenvalue weighted by Gasteiger charge is -2.12. The van der Waals surface area contributed by atoms with Crippen molar-refractivity contribution in [3.63, 3.8) is 0 Å². The highest BCUT2D eigenvalue weighted by Crippen LogP contribution is 2.29. The first-order valence-electron chi connectivity index (χ1n) is 6.62.